The van der Waals surface area contributed by atoms with E-state index in [1.165, 1.54) is 0 Å². The number of ether oxygens (including phenoxy) is 1. The Morgan fingerprint density at radius 2 is 2.06 bits per heavy atom. The summed E-state index contributed by atoms with van der Waals surface area (Å²) in [4.78, 5) is 2.25. The second-order valence-corrected chi connectivity index (χ2v) is 6.46. The van der Waals surface area contributed by atoms with E-state index in [4.69, 9.17) is 16.3 Å². The molecule has 0 aromatic carbocycles. The quantitative estimate of drug-likeness (QED) is 0.480. The lowest BCUT2D eigenvalue weighted by Crippen LogP contribution is -2.33. The van der Waals surface area contributed by atoms with Crippen LogP contribution in [-0.4, -0.2) is 22.4 Å². The van der Waals surface area contributed by atoms with Gasteiger partial charge in [-0.2, -0.15) is 0 Å². The van der Waals surface area contributed by atoms with Gasteiger partial charge >= 0.3 is 0 Å². The Bertz CT molecular complexity index is 268. The van der Waals surface area contributed by atoms with E-state index < -0.39 is 0 Å². The van der Waals surface area contributed by atoms with Crippen LogP contribution in [0.25, 0.3) is 0 Å². The third-order valence-electron chi connectivity index (χ3n) is 2.91. The fourth-order valence-electron chi connectivity index (χ4n) is 1.89. The average Bonchev–Trinajstić information content (AvgIpc) is 2.39. The molecule has 17 heavy (non-hydrogen) atoms. The van der Waals surface area contributed by atoms with Crippen molar-refractivity contribution < 1.29 is 4.74 Å². The molecule has 0 unspecified atom stereocenters. The van der Waals surface area contributed by atoms with Gasteiger partial charge in [-0.15, -0.1) is 11.6 Å². The third kappa shape index (κ3) is 5.46. The number of halogens is 3. The van der Waals surface area contributed by atoms with Crippen molar-refractivity contribution in [2.75, 3.05) is 0 Å². The van der Waals surface area contributed by atoms with E-state index in [0.29, 0.717) is 4.83 Å². The highest BCUT2D eigenvalue weighted by molar-refractivity contribution is 9.11. The first-order valence-electron chi connectivity index (χ1n) is 6.02. The molecule has 0 radical (unpaired) electrons. The number of alkyl halides is 2. The van der Waals surface area contributed by atoms with Gasteiger partial charge in [-0.05, 0) is 30.7 Å². The molecule has 1 aliphatic heterocycles. The molecule has 1 heterocycles. The summed E-state index contributed by atoms with van der Waals surface area (Å²) in [5, 5.41) is 0.0433. The van der Waals surface area contributed by atoms with Crippen LogP contribution < -0.4 is 0 Å². The molecule has 0 fully saturated rings. The molecule has 1 nitrogen and oxygen atoms in total. The zero-order valence-corrected chi connectivity index (χ0v) is 13.9. The Hall–Kier alpha value is 0.690. The largest absolute Gasteiger partial charge is 0.372 e. The van der Waals surface area contributed by atoms with Crippen molar-refractivity contribution in [2.45, 2.75) is 55.0 Å². The summed E-state index contributed by atoms with van der Waals surface area (Å²) in [6.45, 7) is 2.15. The first-order chi connectivity index (χ1) is 8.19. The molecule has 0 bridgehead atoms. The second kappa shape index (κ2) is 8.73. The van der Waals surface area contributed by atoms with Crippen molar-refractivity contribution in [3.8, 4) is 0 Å². The predicted octanol–water partition coefficient (Wildman–Crippen LogP) is 5.17. The smallest absolute Gasteiger partial charge is 0.0780 e. The fraction of sp³-hybridized carbons (Fsp3) is 0.692. The molecule has 98 valence electrons. The molecule has 0 saturated carbocycles. The third-order valence-corrected chi connectivity index (χ3v) is 4.70. The van der Waals surface area contributed by atoms with Gasteiger partial charge < -0.3 is 4.74 Å². The summed E-state index contributed by atoms with van der Waals surface area (Å²) >= 11 is 13.4. The summed E-state index contributed by atoms with van der Waals surface area (Å²) in [6.07, 6.45) is 10.5. The lowest BCUT2D eigenvalue weighted by molar-refractivity contribution is -0.0123. The van der Waals surface area contributed by atoms with Crippen LogP contribution in [0.5, 0.6) is 0 Å². The van der Waals surface area contributed by atoms with Crippen LogP contribution in [0.4, 0.5) is 0 Å². The van der Waals surface area contributed by atoms with E-state index in [1.54, 1.807) is 0 Å². The zero-order chi connectivity index (χ0) is 12.7. The van der Waals surface area contributed by atoms with Crippen LogP contribution in [0.3, 0.4) is 0 Å². The summed E-state index contributed by atoms with van der Waals surface area (Å²) in [5.41, 5.74) is 0. The van der Waals surface area contributed by atoms with E-state index in [-0.39, 0.29) is 17.6 Å². The minimum Gasteiger partial charge on any atom is -0.372 e. The topological polar surface area (TPSA) is 9.23 Å². The van der Waals surface area contributed by atoms with E-state index in [2.05, 4.69) is 57.0 Å². The number of hydrogen-bond acceptors (Lipinski definition) is 1. The van der Waals surface area contributed by atoms with Gasteiger partial charge in [0.1, 0.15) is 0 Å². The molecule has 0 aliphatic carbocycles. The standard InChI is InChI=1S/C13H19Br2ClO/c1-2-12-10(15)6-3-4-7-11(16)13(17-12)8-5-9-14/h3-5,9-13H,2,6-8H2,1H3/b4-3-,9-5-/t10-,11-,12-,13-/m0/s1. The van der Waals surface area contributed by atoms with Gasteiger partial charge in [0, 0.05) is 4.83 Å². The Balaban J connectivity index is 2.73. The van der Waals surface area contributed by atoms with Crippen molar-refractivity contribution in [1.82, 2.24) is 0 Å². The molecule has 0 spiro atoms. The fourth-order valence-corrected chi connectivity index (χ4v) is 3.09. The van der Waals surface area contributed by atoms with E-state index >= 15 is 0 Å². The molecule has 4 heteroatoms. The lowest BCUT2D eigenvalue weighted by atomic mass is 10.1. The minimum absolute atomic E-state index is 0.0433. The van der Waals surface area contributed by atoms with Crippen LogP contribution in [0, 0.1) is 0 Å². The highest BCUT2D eigenvalue weighted by atomic mass is 79.9. The number of rotatable bonds is 3. The molecule has 4 atom stereocenters. The molecular formula is C13H19Br2ClO. The Kier molecular flexibility index (Phi) is 8.09. The summed E-state index contributed by atoms with van der Waals surface area (Å²) in [6, 6.07) is 0. The highest BCUT2D eigenvalue weighted by Crippen LogP contribution is 2.26. The average molecular weight is 387 g/mol. The van der Waals surface area contributed by atoms with Gasteiger partial charge in [0.15, 0.2) is 0 Å². The van der Waals surface area contributed by atoms with Crippen molar-refractivity contribution in [3.63, 3.8) is 0 Å². The maximum atomic E-state index is 6.40. The van der Waals surface area contributed by atoms with Crippen LogP contribution in [0.2, 0.25) is 0 Å². The molecule has 0 N–H and O–H groups in total. The number of hydrogen-bond donors (Lipinski definition) is 0. The lowest BCUT2D eigenvalue weighted by Gasteiger charge is -2.28. The van der Waals surface area contributed by atoms with Gasteiger partial charge in [-0.3, -0.25) is 0 Å². The monoisotopic (exact) mass is 384 g/mol. The summed E-state index contributed by atoms with van der Waals surface area (Å²) < 4.78 is 6.16. The molecule has 0 aromatic heterocycles. The summed E-state index contributed by atoms with van der Waals surface area (Å²) in [7, 11) is 0. The Morgan fingerprint density at radius 3 is 2.71 bits per heavy atom. The van der Waals surface area contributed by atoms with E-state index in [0.717, 1.165) is 25.7 Å². The number of allylic oxidation sites excluding steroid dienone is 2. The normalized spacial score (nSPS) is 37.4. The van der Waals surface area contributed by atoms with Crippen LogP contribution >= 0.6 is 43.5 Å². The van der Waals surface area contributed by atoms with E-state index in [9.17, 15) is 0 Å². The van der Waals surface area contributed by atoms with Crippen molar-refractivity contribution in [1.29, 1.82) is 0 Å². The van der Waals surface area contributed by atoms with Gasteiger partial charge in [-0.1, -0.05) is 57.0 Å². The Morgan fingerprint density at radius 1 is 1.35 bits per heavy atom. The SMILES string of the molecule is CC[C@@H]1O[C@@H](C/C=C\Br)[C@@H](Cl)C/C=C\C[C@@H]1Br. The van der Waals surface area contributed by atoms with E-state index in [1.807, 2.05) is 4.99 Å². The first kappa shape index (κ1) is 15.7. The van der Waals surface area contributed by atoms with Crippen molar-refractivity contribution in [3.05, 3.63) is 23.2 Å². The molecule has 0 saturated heterocycles. The molecule has 0 amide bonds. The molecular weight excluding hydrogens is 367 g/mol. The Labute approximate surface area is 126 Å². The highest BCUT2D eigenvalue weighted by Gasteiger charge is 2.26. The molecule has 1 rings (SSSR count). The van der Waals surface area contributed by atoms with Crippen LogP contribution in [0.15, 0.2) is 23.2 Å². The van der Waals surface area contributed by atoms with Crippen LogP contribution in [0.1, 0.15) is 32.6 Å². The molecule has 1 aliphatic rings. The second-order valence-electron chi connectivity index (χ2n) is 4.19. The first-order valence-corrected chi connectivity index (χ1v) is 8.29. The van der Waals surface area contributed by atoms with Gasteiger partial charge in [-0.25, -0.2) is 0 Å². The maximum absolute atomic E-state index is 6.40. The molecule has 0 aromatic rings. The van der Waals surface area contributed by atoms with Gasteiger partial charge in [0.05, 0.1) is 17.6 Å². The van der Waals surface area contributed by atoms with Crippen molar-refractivity contribution >= 4 is 43.5 Å². The summed E-state index contributed by atoms with van der Waals surface area (Å²) in [5.74, 6) is 0. The van der Waals surface area contributed by atoms with Crippen molar-refractivity contribution in [2.24, 2.45) is 0 Å². The predicted molar refractivity (Wildman–Crippen MR) is 82.4 cm³/mol. The zero-order valence-electron chi connectivity index (χ0n) is 9.99. The van der Waals surface area contributed by atoms with Crippen LogP contribution in [-0.2, 0) is 4.74 Å². The minimum atomic E-state index is 0.0433. The van der Waals surface area contributed by atoms with Gasteiger partial charge in [0.25, 0.3) is 0 Å². The van der Waals surface area contributed by atoms with Gasteiger partial charge in [0.2, 0.25) is 0 Å². The maximum Gasteiger partial charge on any atom is 0.0780 e.